The summed E-state index contributed by atoms with van der Waals surface area (Å²) >= 11 is 0. The van der Waals surface area contributed by atoms with Gasteiger partial charge in [-0.15, -0.1) is 0 Å². The third-order valence-corrected chi connectivity index (χ3v) is 9.26. The standard InChI is InChI=1S/C41H64O6/c1-3-5-7-9-10-11-12-13-14-15-16-18-32-44-36-24-19-34(20-25-36)21-30-41(43)47-39-29-28-38(46-40(39)33-42)35-22-26-37(27-23-35)45-31-17-8-6-4-2/h19-20,22-27,38-40,42H,3-18,21,28-33H2,1-2H3/t38-,39+,40-/m1/s1. The molecule has 264 valence electrons. The van der Waals surface area contributed by atoms with E-state index in [1.165, 1.54) is 89.9 Å². The molecule has 2 aromatic rings. The summed E-state index contributed by atoms with van der Waals surface area (Å²) in [5.74, 6) is 1.48. The van der Waals surface area contributed by atoms with E-state index in [0.29, 0.717) is 12.8 Å². The molecule has 2 aromatic carbocycles. The maximum absolute atomic E-state index is 12.7. The van der Waals surface area contributed by atoms with Crippen molar-refractivity contribution in [3.05, 3.63) is 59.7 Å². The Balaban J connectivity index is 1.25. The molecule has 0 saturated carbocycles. The van der Waals surface area contributed by atoms with E-state index < -0.39 is 12.2 Å². The number of unbranched alkanes of at least 4 members (excludes halogenated alkanes) is 14. The van der Waals surface area contributed by atoms with Crippen LogP contribution in [0.2, 0.25) is 0 Å². The van der Waals surface area contributed by atoms with E-state index in [0.717, 1.165) is 55.1 Å². The second-order valence-electron chi connectivity index (χ2n) is 13.3. The van der Waals surface area contributed by atoms with Crippen molar-refractivity contribution in [3.8, 4) is 11.5 Å². The molecule has 0 spiro atoms. The van der Waals surface area contributed by atoms with E-state index in [9.17, 15) is 9.90 Å². The third kappa shape index (κ3) is 16.4. The van der Waals surface area contributed by atoms with Gasteiger partial charge < -0.3 is 24.1 Å². The lowest BCUT2D eigenvalue weighted by Crippen LogP contribution is -2.41. The average molecular weight is 653 g/mol. The Morgan fingerprint density at radius 2 is 1.17 bits per heavy atom. The van der Waals surface area contributed by atoms with Gasteiger partial charge in [0.25, 0.3) is 0 Å². The third-order valence-electron chi connectivity index (χ3n) is 9.26. The highest BCUT2D eigenvalue weighted by atomic mass is 16.6. The van der Waals surface area contributed by atoms with Crippen molar-refractivity contribution in [1.82, 2.24) is 0 Å². The molecule has 0 amide bonds. The maximum atomic E-state index is 12.7. The lowest BCUT2D eigenvalue weighted by molar-refractivity contribution is -0.177. The number of aliphatic hydroxyl groups is 1. The van der Waals surface area contributed by atoms with Crippen LogP contribution in [0.1, 0.15) is 153 Å². The molecular formula is C41H64O6. The molecule has 1 heterocycles. The first-order chi connectivity index (χ1) is 23.1. The normalized spacial score (nSPS) is 17.8. The molecule has 0 unspecified atom stereocenters. The summed E-state index contributed by atoms with van der Waals surface area (Å²) in [6, 6.07) is 16.1. The molecule has 47 heavy (non-hydrogen) atoms. The Labute approximate surface area is 285 Å². The van der Waals surface area contributed by atoms with Crippen LogP contribution >= 0.6 is 0 Å². The summed E-state index contributed by atoms with van der Waals surface area (Å²) in [7, 11) is 0. The van der Waals surface area contributed by atoms with Crippen LogP contribution in [0.5, 0.6) is 11.5 Å². The summed E-state index contributed by atoms with van der Waals surface area (Å²) in [4.78, 5) is 12.7. The van der Waals surface area contributed by atoms with Crippen LogP contribution in [0.15, 0.2) is 48.5 Å². The van der Waals surface area contributed by atoms with Crippen LogP contribution in [-0.2, 0) is 20.7 Å². The largest absolute Gasteiger partial charge is 0.494 e. The van der Waals surface area contributed by atoms with Crippen molar-refractivity contribution >= 4 is 5.97 Å². The van der Waals surface area contributed by atoms with Crippen LogP contribution in [0.4, 0.5) is 0 Å². The highest BCUT2D eigenvalue weighted by Gasteiger charge is 2.34. The van der Waals surface area contributed by atoms with Crippen molar-refractivity contribution < 1.29 is 28.8 Å². The summed E-state index contributed by atoms with van der Waals surface area (Å²) in [6.45, 7) is 5.78. The Bertz CT molecular complexity index is 1050. The summed E-state index contributed by atoms with van der Waals surface area (Å²) in [6.07, 6.45) is 21.9. The quantitative estimate of drug-likeness (QED) is 0.0805. The lowest BCUT2D eigenvalue weighted by Gasteiger charge is -2.35. The molecule has 3 rings (SSSR count). The minimum Gasteiger partial charge on any atom is -0.494 e. The molecule has 1 fully saturated rings. The molecule has 1 N–H and O–H groups in total. The molecule has 1 aliphatic heterocycles. The Hall–Kier alpha value is -2.57. The first-order valence-corrected chi connectivity index (χ1v) is 19.0. The minimum atomic E-state index is -0.534. The van der Waals surface area contributed by atoms with Gasteiger partial charge in [0, 0.05) is 6.42 Å². The fourth-order valence-corrected chi connectivity index (χ4v) is 6.27. The van der Waals surface area contributed by atoms with Crippen molar-refractivity contribution in [3.63, 3.8) is 0 Å². The van der Waals surface area contributed by atoms with E-state index in [2.05, 4.69) is 13.8 Å². The number of aryl methyl sites for hydroxylation is 1. The number of hydrogen-bond acceptors (Lipinski definition) is 6. The molecular weight excluding hydrogens is 588 g/mol. The maximum Gasteiger partial charge on any atom is 0.306 e. The number of esters is 1. The highest BCUT2D eigenvalue weighted by Crippen LogP contribution is 2.33. The summed E-state index contributed by atoms with van der Waals surface area (Å²) < 4.78 is 23.8. The van der Waals surface area contributed by atoms with Crippen LogP contribution in [0, 0.1) is 0 Å². The zero-order chi connectivity index (χ0) is 33.4. The van der Waals surface area contributed by atoms with E-state index in [4.69, 9.17) is 18.9 Å². The monoisotopic (exact) mass is 652 g/mol. The summed E-state index contributed by atoms with van der Waals surface area (Å²) in [5, 5.41) is 10.00. The predicted octanol–water partition coefficient (Wildman–Crippen LogP) is 10.5. The second-order valence-corrected chi connectivity index (χ2v) is 13.3. The fourth-order valence-electron chi connectivity index (χ4n) is 6.27. The molecule has 0 bridgehead atoms. The number of carbonyl (C=O) groups excluding carboxylic acids is 1. The van der Waals surface area contributed by atoms with Gasteiger partial charge in [-0.2, -0.15) is 0 Å². The van der Waals surface area contributed by atoms with Crippen molar-refractivity contribution in [2.24, 2.45) is 0 Å². The molecule has 0 aliphatic carbocycles. The molecule has 6 nitrogen and oxygen atoms in total. The molecule has 3 atom stereocenters. The van der Waals surface area contributed by atoms with Gasteiger partial charge in [0.05, 0.1) is 25.9 Å². The SMILES string of the molecule is CCCCCCCCCCCCCCOc1ccc(CCC(=O)O[C@H]2CC[C@H](c3ccc(OCCCCCC)cc3)O[C@@H]2CO)cc1. The number of carbonyl (C=O) groups is 1. The van der Waals surface area contributed by atoms with Crippen molar-refractivity contribution in [2.45, 2.75) is 161 Å². The number of aliphatic hydroxyl groups excluding tert-OH is 1. The topological polar surface area (TPSA) is 74.2 Å². The van der Waals surface area contributed by atoms with Crippen LogP contribution < -0.4 is 9.47 Å². The molecule has 0 aromatic heterocycles. The fraction of sp³-hybridized carbons (Fsp3) is 0.683. The Morgan fingerprint density at radius 3 is 1.70 bits per heavy atom. The van der Waals surface area contributed by atoms with Gasteiger partial charge in [-0.05, 0) is 67.5 Å². The van der Waals surface area contributed by atoms with Gasteiger partial charge >= 0.3 is 5.97 Å². The van der Waals surface area contributed by atoms with Crippen LogP contribution in [0.25, 0.3) is 0 Å². The van der Waals surface area contributed by atoms with Gasteiger partial charge in [-0.3, -0.25) is 4.79 Å². The van der Waals surface area contributed by atoms with Crippen molar-refractivity contribution in [1.29, 1.82) is 0 Å². The van der Waals surface area contributed by atoms with E-state index in [-0.39, 0.29) is 25.1 Å². The molecule has 1 saturated heterocycles. The number of ether oxygens (including phenoxy) is 4. The van der Waals surface area contributed by atoms with Gasteiger partial charge in [-0.1, -0.05) is 128 Å². The van der Waals surface area contributed by atoms with E-state index in [1.54, 1.807) is 0 Å². The lowest BCUT2D eigenvalue weighted by atomic mass is 9.96. The van der Waals surface area contributed by atoms with Gasteiger partial charge in [0.1, 0.15) is 23.7 Å². The summed E-state index contributed by atoms with van der Waals surface area (Å²) in [5.41, 5.74) is 2.12. The van der Waals surface area contributed by atoms with Gasteiger partial charge in [0.2, 0.25) is 0 Å². The predicted molar refractivity (Wildman–Crippen MR) is 191 cm³/mol. The average Bonchev–Trinajstić information content (AvgIpc) is 3.10. The number of rotatable bonds is 26. The van der Waals surface area contributed by atoms with Gasteiger partial charge in [0.15, 0.2) is 0 Å². The smallest absolute Gasteiger partial charge is 0.306 e. The first kappa shape index (κ1) is 38.9. The van der Waals surface area contributed by atoms with Crippen LogP contribution in [0.3, 0.4) is 0 Å². The zero-order valence-electron chi connectivity index (χ0n) is 29.6. The zero-order valence-corrected chi connectivity index (χ0v) is 29.6. The second kappa shape index (κ2) is 24.6. The van der Waals surface area contributed by atoms with E-state index >= 15 is 0 Å². The molecule has 6 heteroatoms. The van der Waals surface area contributed by atoms with E-state index in [1.807, 2.05) is 48.5 Å². The van der Waals surface area contributed by atoms with Crippen LogP contribution in [-0.4, -0.2) is 43.1 Å². The number of hydrogen-bond donors (Lipinski definition) is 1. The molecule has 0 radical (unpaired) electrons. The van der Waals surface area contributed by atoms with Gasteiger partial charge in [-0.25, -0.2) is 0 Å². The Kier molecular flexibility index (Phi) is 20.3. The highest BCUT2D eigenvalue weighted by molar-refractivity contribution is 5.70. The Morgan fingerprint density at radius 1 is 0.681 bits per heavy atom. The molecule has 1 aliphatic rings. The van der Waals surface area contributed by atoms with Crippen molar-refractivity contribution in [2.75, 3.05) is 19.8 Å². The first-order valence-electron chi connectivity index (χ1n) is 19.0. The minimum absolute atomic E-state index is 0.138. The number of benzene rings is 2.